The van der Waals surface area contributed by atoms with E-state index in [0.717, 1.165) is 0 Å². The summed E-state index contributed by atoms with van der Waals surface area (Å²) in [5.41, 5.74) is 0.670. The highest BCUT2D eigenvalue weighted by Crippen LogP contribution is 2.29. The molecule has 0 aromatic heterocycles. The van der Waals surface area contributed by atoms with E-state index in [1.54, 1.807) is 26.0 Å². The first-order chi connectivity index (χ1) is 7.13. The molecule has 3 heteroatoms. The van der Waals surface area contributed by atoms with E-state index in [0.29, 0.717) is 5.69 Å². The van der Waals surface area contributed by atoms with E-state index in [2.05, 4.69) is 0 Å². The first-order valence-electron chi connectivity index (χ1n) is 5.06. The van der Waals surface area contributed by atoms with Crippen molar-refractivity contribution in [1.82, 2.24) is 0 Å². The lowest BCUT2D eigenvalue weighted by Crippen LogP contribution is -2.30. The van der Waals surface area contributed by atoms with Gasteiger partial charge >= 0.3 is 0 Å². The Labute approximate surface area is 103 Å². The summed E-state index contributed by atoms with van der Waals surface area (Å²) in [6.45, 7) is 3.60. The van der Waals surface area contributed by atoms with Crippen LogP contribution in [0.1, 0.15) is 28.7 Å². The summed E-state index contributed by atoms with van der Waals surface area (Å²) in [5, 5.41) is 0. The van der Waals surface area contributed by atoms with Crippen molar-refractivity contribution in [3.63, 3.8) is 0 Å². The molecule has 0 bridgehead atoms. The SMILES string of the molecule is C.C.CC1C(=O)N(c2ccccc2)C(=O)C1C. The van der Waals surface area contributed by atoms with Gasteiger partial charge in [0.05, 0.1) is 5.69 Å². The average molecular weight is 235 g/mol. The first-order valence-corrected chi connectivity index (χ1v) is 5.06. The number of rotatable bonds is 1. The average Bonchev–Trinajstić information content (AvgIpc) is 2.45. The van der Waals surface area contributed by atoms with Gasteiger partial charge in [0, 0.05) is 11.8 Å². The molecule has 94 valence electrons. The van der Waals surface area contributed by atoms with Crippen molar-refractivity contribution >= 4 is 17.5 Å². The van der Waals surface area contributed by atoms with Crippen LogP contribution in [0.15, 0.2) is 30.3 Å². The quantitative estimate of drug-likeness (QED) is 0.701. The van der Waals surface area contributed by atoms with Gasteiger partial charge in [0.1, 0.15) is 0 Å². The van der Waals surface area contributed by atoms with Gasteiger partial charge in [-0.2, -0.15) is 0 Å². The lowest BCUT2D eigenvalue weighted by atomic mass is 10.00. The Bertz CT molecular complexity index is 380. The molecule has 3 nitrogen and oxygen atoms in total. The molecule has 0 N–H and O–H groups in total. The van der Waals surface area contributed by atoms with Gasteiger partial charge in [0.25, 0.3) is 0 Å². The largest absolute Gasteiger partial charge is 0.274 e. The molecule has 0 spiro atoms. The van der Waals surface area contributed by atoms with E-state index in [-0.39, 0.29) is 38.5 Å². The molecule has 2 unspecified atom stereocenters. The van der Waals surface area contributed by atoms with Crippen molar-refractivity contribution in [2.24, 2.45) is 11.8 Å². The molecule has 0 radical (unpaired) electrons. The number of hydrogen-bond acceptors (Lipinski definition) is 2. The molecular weight excluding hydrogens is 214 g/mol. The van der Waals surface area contributed by atoms with Gasteiger partial charge in [-0.15, -0.1) is 0 Å². The third kappa shape index (κ3) is 2.38. The fourth-order valence-corrected chi connectivity index (χ4v) is 1.78. The predicted octanol–water partition coefficient (Wildman–Crippen LogP) is 3.10. The molecular formula is C14H21NO2. The van der Waals surface area contributed by atoms with Crippen molar-refractivity contribution in [2.75, 3.05) is 4.90 Å². The summed E-state index contributed by atoms with van der Waals surface area (Å²) >= 11 is 0. The maximum absolute atomic E-state index is 11.8. The maximum Gasteiger partial charge on any atom is 0.237 e. The Kier molecular flexibility index (Phi) is 5.08. The van der Waals surface area contributed by atoms with E-state index in [1.165, 1.54) is 4.90 Å². The first kappa shape index (κ1) is 15.4. The minimum Gasteiger partial charge on any atom is -0.274 e. The Morgan fingerprint density at radius 1 is 0.882 bits per heavy atom. The highest BCUT2D eigenvalue weighted by atomic mass is 16.2. The standard InChI is InChI=1S/C12H13NO2.2CH4/c1-8-9(2)12(15)13(11(8)14)10-6-4-3-5-7-10;;/h3-9H,1-2H3;2*1H4. The lowest BCUT2D eigenvalue weighted by Gasteiger charge is -2.13. The van der Waals surface area contributed by atoms with Gasteiger partial charge in [0.15, 0.2) is 0 Å². The number of para-hydroxylation sites is 1. The van der Waals surface area contributed by atoms with E-state index in [9.17, 15) is 9.59 Å². The molecule has 17 heavy (non-hydrogen) atoms. The highest BCUT2D eigenvalue weighted by molar-refractivity contribution is 6.21. The van der Waals surface area contributed by atoms with Gasteiger partial charge in [-0.05, 0) is 12.1 Å². The number of nitrogens with zero attached hydrogens (tertiary/aromatic N) is 1. The monoisotopic (exact) mass is 235 g/mol. The van der Waals surface area contributed by atoms with Crippen LogP contribution in [0.3, 0.4) is 0 Å². The number of benzene rings is 1. The molecule has 2 rings (SSSR count). The zero-order valence-corrected chi connectivity index (χ0v) is 8.81. The second-order valence-electron chi connectivity index (χ2n) is 3.92. The molecule has 1 fully saturated rings. The van der Waals surface area contributed by atoms with Gasteiger partial charge in [-0.25, -0.2) is 0 Å². The normalized spacial score (nSPS) is 23.1. The van der Waals surface area contributed by atoms with Crippen molar-refractivity contribution in [3.05, 3.63) is 30.3 Å². The van der Waals surface area contributed by atoms with Crippen molar-refractivity contribution < 1.29 is 9.59 Å². The fraction of sp³-hybridized carbons (Fsp3) is 0.429. The van der Waals surface area contributed by atoms with Crippen molar-refractivity contribution in [3.8, 4) is 0 Å². The molecule has 2 amide bonds. The van der Waals surface area contributed by atoms with Crippen LogP contribution < -0.4 is 4.90 Å². The Morgan fingerprint density at radius 3 is 1.71 bits per heavy atom. The fourth-order valence-electron chi connectivity index (χ4n) is 1.78. The van der Waals surface area contributed by atoms with Crippen LogP contribution in [-0.2, 0) is 9.59 Å². The van der Waals surface area contributed by atoms with Gasteiger partial charge in [-0.1, -0.05) is 46.9 Å². The number of carbonyl (C=O) groups excluding carboxylic acids is 2. The summed E-state index contributed by atoms with van der Waals surface area (Å²) in [5.74, 6) is -0.618. The highest BCUT2D eigenvalue weighted by Gasteiger charge is 2.42. The van der Waals surface area contributed by atoms with Crippen molar-refractivity contribution in [1.29, 1.82) is 0 Å². The molecule has 2 atom stereocenters. The molecule has 0 saturated carbocycles. The molecule has 0 aliphatic carbocycles. The summed E-state index contributed by atoms with van der Waals surface area (Å²) in [6, 6.07) is 9.07. The van der Waals surface area contributed by atoms with Crippen LogP contribution in [0.5, 0.6) is 0 Å². The van der Waals surface area contributed by atoms with Crippen LogP contribution in [0, 0.1) is 11.8 Å². The second kappa shape index (κ2) is 5.62. The molecule has 1 saturated heterocycles. The smallest absolute Gasteiger partial charge is 0.237 e. The minimum absolute atomic E-state index is 0. The van der Waals surface area contributed by atoms with E-state index in [4.69, 9.17) is 0 Å². The summed E-state index contributed by atoms with van der Waals surface area (Å²) in [6.07, 6.45) is 0. The van der Waals surface area contributed by atoms with Gasteiger partial charge in [0.2, 0.25) is 11.8 Å². The number of amides is 2. The topological polar surface area (TPSA) is 37.4 Å². The number of hydrogen-bond donors (Lipinski definition) is 0. The van der Waals surface area contributed by atoms with Crippen LogP contribution in [0.2, 0.25) is 0 Å². The molecule has 1 heterocycles. The second-order valence-corrected chi connectivity index (χ2v) is 3.92. The maximum atomic E-state index is 11.8. The molecule has 1 aromatic carbocycles. The van der Waals surface area contributed by atoms with Crippen molar-refractivity contribution in [2.45, 2.75) is 28.7 Å². The van der Waals surface area contributed by atoms with E-state index in [1.807, 2.05) is 18.2 Å². The van der Waals surface area contributed by atoms with Crippen LogP contribution in [0.4, 0.5) is 5.69 Å². The van der Waals surface area contributed by atoms with Crippen LogP contribution in [-0.4, -0.2) is 11.8 Å². The molecule has 1 aromatic rings. The number of carbonyl (C=O) groups is 2. The zero-order chi connectivity index (χ0) is 11.0. The number of imide groups is 1. The third-order valence-electron chi connectivity index (χ3n) is 2.98. The van der Waals surface area contributed by atoms with Gasteiger partial charge in [-0.3, -0.25) is 14.5 Å². The third-order valence-corrected chi connectivity index (χ3v) is 2.98. The Morgan fingerprint density at radius 2 is 1.29 bits per heavy atom. The molecule has 1 aliphatic heterocycles. The van der Waals surface area contributed by atoms with E-state index < -0.39 is 0 Å². The number of anilines is 1. The summed E-state index contributed by atoms with van der Waals surface area (Å²) in [4.78, 5) is 25.0. The lowest BCUT2D eigenvalue weighted by molar-refractivity contribution is -0.122. The summed E-state index contributed by atoms with van der Waals surface area (Å²) in [7, 11) is 0. The minimum atomic E-state index is -0.210. The zero-order valence-electron chi connectivity index (χ0n) is 8.81. The van der Waals surface area contributed by atoms with Crippen LogP contribution >= 0.6 is 0 Å². The van der Waals surface area contributed by atoms with Crippen LogP contribution in [0.25, 0.3) is 0 Å². The van der Waals surface area contributed by atoms with E-state index >= 15 is 0 Å². The Hall–Kier alpha value is -1.64. The molecule has 1 aliphatic rings. The summed E-state index contributed by atoms with van der Waals surface area (Å²) < 4.78 is 0. The predicted molar refractivity (Wildman–Crippen MR) is 70.7 cm³/mol. The van der Waals surface area contributed by atoms with Gasteiger partial charge < -0.3 is 0 Å². The Balaban J connectivity index is 0.00000128.